The fourth-order valence-electron chi connectivity index (χ4n) is 1.17. The Morgan fingerprint density at radius 3 is 2.38 bits per heavy atom. The van der Waals surface area contributed by atoms with Gasteiger partial charge in [0.2, 0.25) is 0 Å². The van der Waals surface area contributed by atoms with Crippen LogP contribution < -0.4 is 4.74 Å². The molecule has 0 N–H and O–H groups in total. The van der Waals surface area contributed by atoms with Gasteiger partial charge in [-0.25, -0.2) is 0 Å². The fraction of sp³-hybridized carbons (Fsp3) is 0.214. The molecule has 1 heterocycles. The van der Waals surface area contributed by atoms with Crippen molar-refractivity contribution in [3.8, 4) is 5.75 Å². The molecule has 0 saturated carbocycles. The minimum Gasteiger partial charge on any atom is -0.489 e. The van der Waals surface area contributed by atoms with Crippen LogP contribution in [0.5, 0.6) is 5.75 Å². The van der Waals surface area contributed by atoms with Gasteiger partial charge in [0, 0.05) is 18.0 Å². The number of hydrogen-bond donors (Lipinski definition) is 0. The first-order chi connectivity index (χ1) is 7.95. The molecule has 0 aliphatic carbocycles. The van der Waals surface area contributed by atoms with E-state index < -0.39 is 0 Å². The molecule has 2 rings (SSSR count). The summed E-state index contributed by atoms with van der Waals surface area (Å²) in [6.07, 6.45) is 3.56. The average Bonchev–Trinajstić information content (AvgIpc) is 2.41. The first-order valence-electron chi connectivity index (χ1n) is 5.52. The minimum absolute atomic E-state index is 0.567. The van der Waals surface area contributed by atoms with Crippen LogP contribution in [0, 0.1) is 0 Å². The summed E-state index contributed by atoms with van der Waals surface area (Å²) in [5, 5.41) is 0. The lowest BCUT2D eigenvalue weighted by Crippen LogP contribution is -1.94. The first-order valence-corrected chi connectivity index (χ1v) is 5.52. The van der Waals surface area contributed by atoms with Gasteiger partial charge in [-0.3, -0.25) is 4.98 Å². The summed E-state index contributed by atoms with van der Waals surface area (Å²) in [5.74, 6) is 0.886. The molecule has 0 amide bonds. The Morgan fingerprint density at radius 1 is 1.00 bits per heavy atom. The second-order valence-electron chi connectivity index (χ2n) is 2.96. The van der Waals surface area contributed by atoms with Gasteiger partial charge < -0.3 is 4.74 Å². The quantitative estimate of drug-likeness (QED) is 0.779. The zero-order valence-corrected chi connectivity index (χ0v) is 9.76. The van der Waals surface area contributed by atoms with Crippen LogP contribution in [0.2, 0.25) is 0 Å². The van der Waals surface area contributed by atoms with Gasteiger partial charge in [-0.1, -0.05) is 38.1 Å². The lowest BCUT2D eigenvalue weighted by molar-refractivity contribution is 0.306. The average molecular weight is 215 g/mol. The molecule has 1 aromatic carbocycles. The molecular weight excluding hydrogens is 198 g/mol. The smallest absolute Gasteiger partial charge is 0.119 e. The predicted molar refractivity (Wildman–Crippen MR) is 66.4 cm³/mol. The van der Waals surface area contributed by atoms with Crippen molar-refractivity contribution in [3.63, 3.8) is 0 Å². The third-order valence-electron chi connectivity index (χ3n) is 1.87. The van der Waals surface area contributed by atoms with Crippen LogP contribution in [0.3, 0.4) is 0 Å². The molecule has 2 aromatic rings. The van der Waals surface area contributed by atoms with Crippen LogP contribution in [0.1, 0.15) is 19.4 Å². The van der Waals surface area contributed by atoms with E-state index in [-0.39, 0.29) is 0 Å². The molecule has 2 nitrogen and oxygen atoms in total. The molecule has 0 aliphatic heterocycles. The van der Waals surface area contributed by atoms with E-state index in [1.807, 2.05) is 62.5 Å². The van der Waals surface area contributed by atoms with Crippen LogP contribution >= 0.6 is 0 Å². The van der Waals surface area contributed by atoms with Crippen molar-refractivity contribution in [2.75, 3.05) is 0 Å². The molecule has 0 unspecified atom stereocenters. The maximum absolute atomic E-state index is 5.55. The summed E-state index contributed by atoms with van der Waals surface area (Å²) in [7, 11) is 0. The summed E-state index contributed by atoms with van der Waals surface area (Å²) in [4.78, 5) is 4.02. The highest BCUT2D eigenvalue weighted by Gasteiger charge is 1.93. The Balaban J connectivity index is 0.000000606. The molecule has 0 saturated heterocycles. The molecule has 0 atom stereocenters. The molecule has 0 radical (unpaired) electrons. The van der Waals surface area contributed by atoms with E-state index in [0.29, 0.717) is 6.61 Å². The number of hydrogen-bond acceptors (Lipinski definition) is 2. The standard InChI is InChI=1S/C12H11NO.C2H6/c1-2-6-12(7-3-1)14-10-11-5-4-8-13-9-11;1-2/h1-9H,10H2;1-2H3. The Kier molecular flexibility index (Phi) is 5.71. The topological polar surface area (TPSA) is 22.1 Å². The predicted octanol–water partition coefficient (Wildman–Crippen LogP) is 3.69. The Bertz CT molecular complexity index is 333. The van der Waals surface area contributed by atoms with Crippen molar-refractivity contribution < 1.29 is 4.74 Å². The van der Waals surface area contributed by atoms with Crippen molar-refractivity contribution in [1.29, 1.82) is 0 Å². The van der Waals surface area contributed by atoms with Crippen molar-refractivity contribution in [3.05, 3.63) is 60.4 Å². The highest BCUT2D eigenvalue weighted by Crippen LogP contribution is 2.10. The highest BCUT2D eigenvalue weighted by molar-refractivity contribution is 5.21. The second-order valence-corrected chi connectivity index (χ2v) is 2.96. The number of pyridine rings is 1. The monoisotopic (exact) mass is 215 g/mol. The Morgan fingerprint density at radius 2 is 1.75 bits per heavy atom. The number of rotatable bonds is 3. The van der Waals surface area contributed by atoms with Crippen LogP contribution in [-0.4, -0.2) is 4.98 Å². The van der Waals surface area contributed by atoms with Crippen molar-refractivity contribution in [1.82, 2.24) is 4.98 Å². The van der Waals surface area contributed by atoms with Gasteiger partial charge in [0.05, 0.1) is 0 Å². The zero-order valence-electron chi connectivity index (χ0n) is 9.76. The second kappa shape index (κ2) is 7.46. The van der Waals surface area contributed by atoms with Crippen LogP contribution in [0.4, 0.5) is 0 Å². The van der Waals surface area contributed by atoms with Crippen molar-refractivity contribution >= 4 is 0 Å². The summed E-state index contributed by atoms with van der Waals surface area (Å²) in [6.45, 7) is 4.57. The van der Waals surface area contributed by atoms with E-state index in [9.17, 15) is 0 Å². The molecule has 0 aliphatic rings. The number of nitrogens with zero attached hydrogens (tertiary/aromatic N) is 1. The summed E-state index contributed by atoms with van der Waals surface area (Å²) < 4.78 is 5.55. The molecular formula is C14H17NO. The van der Waals surface area contributed by atoms with E-state index in [2.05, 4.69) is 4.98 Å². The van der Waals surface area contributed by atoms with Crippen LogP contribution in [-0.2, 0) is 6.61 Å². The van der Waals surface area contributed by atoms with Crippen LogP contribution in [0.25, 0.3) is 0 Å². The Labute approximate surface area is 96.9 Å². The van der Waals surface area contributed by atoms with Gasteiger partial charge >= 0.3 is 0 Å². The lowest BCUT2D eigenvalue weighted by atomic mass is 10.3. The molecule has 0 fully saturated rings. The van der Waals surface area contributed by atoms with Gasteiger partial charge in [-0.05, 0) is 18.2 Å². The van der Waals surface area contributed by atoms with E-state index in [0.717, 1.165) is 11.3 Å². The zero-order chi connectivity index (χ0) is 11.6. The fourth-order valence-corrected chi connectivity index (χ4v) is 1.17. The largest absolute Gasteiger partial charge is 0.489 e. The van der Waals surface area contributed by atoms with Crippen LogP contribution in [0.15, 0.2) is 54.9 Å². The highest BCUT2D eigenvalue weighted by atomic mass is 16.5. The first kappa shape index (κ1) is 12.2. The molecule has 1 aromatic heterocycles. The van der Waals surface area contributed by atoms with Gasteiger partial charge in [0.1, 0.15) is 12.4 Å². The number of para-hydroxylation sites is 1. The molecule has 84 valence electrons. The summed E-state index contributed by atoms with van der Waals surface area (Å²) in [5.41, 5.74) is 1.08. The van der Waals surface area contributed by atoms with Gasteiger partial charge in [0.15, 0.2) is 0 Å². The number of aromatic nitrogens is 1. The number of ether oxygens (including phenoxy) is 1. The molecule has 0 bridgehead atoms. The number of benzene rings is 1. The maximum atomic E-state index is 5.55. The molecule has 16 heavy (non-hydrogen) atoms. The van der Waals surface area contributed by atoms with Gasteiger partial charge in [-0.15, -0.1) is 0 Å². The minimum atomic E-state index is 0.567. The van der Waals surface area contributed by atoms with E-state index in [1.165, 1.54) is 0 Å². The summed E-state index contributed by atoms with van der Waals surface area (Å²) >= 11 is 0. The Hall–Kier alpha value is -1.83. The lowest BCUT2D eigenvalue weighted by Gasteiger charge is -2.04. The van der Waals surface area contributed by atoms with E-state index in [1.54, 1.807) is 6.20 Å². The third-order valence-corrected chi connectivity index (χ3v) is 1.87. The third kappa shape index (κ3) is 4.13. The van der Waals surface area contributed by atoms with Crippen molar-refractivity contribution in [2.45, 2.75) is 20.5 Å². The molecule has 2 heteroatoms. The maximum Gasteiger partial charge on any atom is 0.119 e. The summed E-state index contributed by atoms with van der Waals surface area (Å²) in [6, 6.07) is 13.7. The SMILES string of the molecule is CC.c1ccc(OCc2cccnc2)cc1. The van der Waals surface area contributed by atoms with Crippen molar-refractivity contribution in [2.24, 2.45) is 0 Å². The van der Waals surface area contributed by atoms with E-state index >= 15 is 0 Å². The molecule has 0 spiro atoms. The normalized spacial score (nSPS) is 8.88. The van der Waals surface area contributed by atoms with Gasteiger partial charge in [0.25, 0.3) is 0 Å². The van der Waals surface area contributed by atoms with Gasteiger partial charge in [-0.2, -0.15) is 0 Å². The van der Waals surface area contributed by atoms with E-state index in [4.69, 9.17) is 4.74 Å².